The number of piperidine rings is 1. The maximum Gasteiger partial charge on any atom is 0.150 e. The summed E-state index contributed by atoms with van der Waals surface area (Å²) in [4.78, 5) is 13.6. The molecule has 0 aliphatic carbocycles. The Labute approximate surface area is 138 Å². The van der Waals surface area contributed by atoms with Gasteiger partial charge < -0.3 is 9.88 Å². The molecule has 6 heteroatoms. The van der Waals surface area contributed by atoms with Gasteiger partial charge in [-0.1, -0.05) is 11.6 Å². The molecule has 3 heterocycles. The summed E-state index contributed by atoms with van der Waals surface area (Å²) in [5.41, 5.74) is 2.13. The molecule has 0 amide bonds. The van der Waals surface area contributed by atoms with Crippen LogP contribution in [0.5, 0.6) is 0 Å². The van der Waals surface area contributed by atoms with E-state index in [-0.39, 0.29) is 5.82 Å². The lowest BCUT2D eigenvalue weighted by atomic mass is 9.89. The van der Waals surface area contributed by atoms with Gasteiger partial charge in [-0.25, -0.2) is 14.4 Å². The zero-order valence-electron chi connectivity index (χ0n) is 12.5. The van der Waals surface area contributed by atoms with E-state index in [2.05, 4.69) is 19.9 Å². The van der Waals surface area contributed by atoms with E-state index in [4.69, 9.17) is 11.6 Å². The third-order valence-corrected chi connectivity index (χ3v) is 4.82. The van der Waals surface area contributed by atoms with Crippen LogP contribution in [-0.2, 0) is 0 Å². The van der Waals surface area contributed by atoms with E-state index in [9.17, 15) is 4.39 Å². The lowest BCUT2D eigenvalue weighted by molar-refractivity contribution is 0.505. The number of fused-ring (bicyclic) bond motifs is 1. The fourth-order valence-corrected chi connectivity index (χ4v) is 3.62. The predicted octanol–water partition coefficient (Wildman–Crippen LogP) is 4.13. The first-order valence-electron chi connectivity index (χ1n) is 7.69. The molecule has 1 aliphatic heterocycles. The summed E-state index contributed by atoms with van der Waals surface area (Å²) in [7, 11) is 0. The highest BCUT2D eigenvalue weighted by Gasteiger charge is 2.24. The molecule has 2 aromatic heterocycles. The minimum absolute atomic E-state index is 0.209. The van der Waals surface area contributed by atoms with Crippen LogP contribution in [0.2, 0.25) is 5.02 Å². The zero-order valence-corrected chi connectivity index (χ0v) is 13.2. The predicted molar refractivity (Wildman–Crippen MR) is 89.5 cm³/mol. The second-order valence-corrected chi connectivity index (χ2v) is 6.30. The van der Waals surface area contributed by atoms with Gasteiger partial charge in [0.25, 0.3) is 0 Å². The molecular formula is C17H16ClFN4. The largest absolute Gasteiger partial charge is 0.361 e. The fraction of sp³-hybridized carbons (Fsp3) is 0.294. The van der Waals surface area contributed by atoms with E-state index >= 15 is 0 Å². The molecule has 4 nitrogen and oxygen atoms in total. The number of rotatable bonds is 2. The monoisotopic (exact) mass is 330 g/mol. The molecule has 1 aromatic carbocycles. The van der Waals surface area contributed by atoms with Gasteiger partial charge in [0.2, 0.25) is 0 Å². The van der Waals surface area contributed by atoms with E-state index < -0.39 is 0 Å². The number of halogens is 2. The number of aromatic amines is 1. The van der Waals surface area contributed by atoms with Crippen LogP contribution in [0.3, 0.4) is 0 Å². The highest BCUT2D eigenvalue weighted by molar-refractivity contribution is 6.32. The Balaban J connectivity index is 1.54. The molecule has 0 radical (unpaired) electrons. The summed E-state index contributed by atoms with van der Waals surface area (Å²) in [6.45, 7) is 1.80. The molecular weight excluding hydrogens is 315 g/mol. The average molecular weight is 331 g/mol. The summed E-state index contributed by atoms with van der Waals surface area (Å²) in [5, 5.41) is 1.71. The Morgan fingerprint density at radius 3 is 2.87 bits per heavy atom. The molecule has 1 aliphatic rings. The fourth-order valence-electron chi connectivity index (χ4n) is 3.40. The van der Waals surface area contributed by atoms with Crippen LogP contribution in [0.4, 0.5) is 10.2 Å². The molecule has 0 saturated carbocycles. The van der Waals surface area contributed by atoms with E-state index in [0.29, 0.717) is 10.9 Å². The third-order valence-electron chi connectivity index (χ3n) is 4.56. The van der Waals surface area contributed by atoms with Gasteiger partial charge in [0.05, 0.1) is 6.20 Å². The van der Waals surface area contributed by atoms with Crippen molar-refractivity contribution in [1.29, 1.82) is 0 Å². The molecule has 4 rings (SSSR count). The van der Waals surface area contributed by atoms with E-state index in [1.165, 1.54) is 18.0 Å². The summed E-state index contributed by atoms with van der Waals surface area (Å²) in [5.74, 6) is 1.06. The van der Waals surface area contributed by atoms with Crippen molar-refractivity contribution >= 4 is 28.3 Å². The van der Waals surface area contributed by atoms with Gasteiger partial charge in [0, 0.05) is 30.2 Å². The van der Waals surface area contributed by atoms with Crippen molar-refractivity contribution in [1.82, 2.24) is 15.0 Å². The van der Waals surface area contributed by atoms with E-state index in [0.717, 1.165) is 42.7 Å². The SMILES string of the molecule is Fc1ccc2c(C3CCN(c4ncncc4Cl)CC3)c[nH]c2c1. The zero-order chi connectivity index (χ0) is 15.8. The number of hydrogen-bond acceptors (Lipinski definition) is 3. The summed E-state index contributed by atoms with van der Waals surface area (Å²) in [6.07, 6.45) is 7.21. The normalized spacial score (nSPS) is 16.2. The Morgan fingerprint density at radius 2 is 2.09 bits per heavy atom. The van der Waals surface area contributed by atoms with Gasteiger partial charge in [-0.2, -0.15) is 0 Å². The molecule has 1 N–H and O–H groups in total. The van der Waals surface area contributed by atoms with Crippen LogP contribution in [0, 0.1) is 5.82 Å². The minimum Gasteiger partial charge on any atom is -0.361 e. The van der Waals surface area contributed by atoms with Crippen LogP contribution >= 0.6 is 11.6 Å². The lowest BCUT2D eigenvalue weighted by Crippen LogP contribution is -2.33. The topological polar surface area (TPSA) is 44.8 Å². The maximum atomic E-state index is 13.3. The Morgan fingerprint density at radius 1 is 1.26 bits per heavy atom. The van der Waals surface area contributed by atoms with Crippen molar-refractivity contribution < 1.29 is 4.39 Å². The van der Waals surface area contributed by atoms with Crippen LogP contribution in [-0.4, -0.2) is 28.0 Å². The third kappa shape index (κ3) is 2.65. The first-order chi connectivity index (χ1) is 11.2. The van der Waals surface area contributed by atoms with Crippen LogP contribution in [0.15, 0.2) is 36.9 Å². The van der Waals surface area contributed by atoms with Gasteiger partial charge in [-0.05, 0) is 42.5 Å². The smallest absolute Gasteiger partial charge is 0.150 e. The van der Waals surface area contributed by atoms with Crippen LogP contribution < -0.4 is 4.90 Å². The Kier molecular flexibility index (Phi) is 3.65. The number of anilines is 1. The summed E-state index contributed by atoms with van der Waals surface area (Å²) in [6, 6.07) is 4.94. The molecule has 23 heavy (non-hydrogen) atoms. The van der Waals surface area contributed by atoms with Crippen molar-refractivity contribution in [3.8, 4) is 0 Å². The molecule has 0 spiro atoms. The van der Waals surface area contributed by atoms with Gasteiger partial charge >= 0.3 is 0 Å². The van der Waals surface area contributed by atoms with Gasteiger partial charge in [0.15, 0.2) is 5.82 Å². The van der Waals surface area contributed by atoms with Gasteiger partial charge in [-0.15, -0.1) is 0 Å². The van der Waals surface area contributed by atoms with Crippen LogP contribution in [0.25, 0.3) is 10.9 Å². The first-order valence-corrected chi connectivity index (χ1v) is 8.07. The highest BCUT2D eigenvalue weighted by atomic mass is 35.5. The molecule has 0 unspecified atom stereocenters. The minimum atomic E-state index is -0.209. The molecule has 0 atom stereocenters. The van der Waals surface area contributed by atoms with Crippen molar-refractivity contribution in [2.24, 2.45) is 0 Å². The molecule has 3 aromatic rings. The van der Waals surface area contributed by atoms with Crippen LogP contribution in [0.1, 0.15) is 24.3 Å². The Bertz CT molecular complexity index is 839. The number of benzene rings is 1. The second kappa shape index (κ2) is 5.81. The Hall–Kier alpha value is -2.14. The van der Waals surface area contributed by atoms with E-state index in [1.807, 2.05) is 12.3 Å². The number of nitrogens with one attached hydrogen (secondary N) is 1. The quantitative estimate of drug-likeness (QED) is 0.768. The number of hydrogen-bond donors (Lipinski definition) is 1. The lowest BCUT2D eigenvalue weighted by Gasteiger charge is -2.33. The number of aromatic nitrogens is 3. The maximum absolute atomic E-state index is 13.3. The number of nitrogens with zero attached hydrogens (tertiary/aromatic N) is 3. The molecule has 0 bridgehead atoms. The summed E-state index contributed by atoms with van der Waals surface area (Å²) < 4.78 is 13.3. The van der Waals surface area contributed by atoms with Gasteiger partial charge in [0.1, 0.15) is 17.2 Å². The summed E-state index contributed by atoms with van der Waals surface area (Å²) >= 11 is 6.18. The van der Waals surface area contributed by atoms with E-state index in [1.54, 1.807) is 12.3 Å². The van der Waals surface area contributed by atoms with Crippen molar-refractivity contribution in [3.63, 3.8) is 0 Å². The second-order valence-electron chi connectivity index (χ2n) is 5.89. The molecule has 1 fully saturated rings. The van der Waals surface area contributed by atoms with Crippen molar-refractivity contribution in [3.05, 3.63) is 53.3 Å². The number of H-pyrrole nitrogens is 1. The van der Waals surface area contributed by atoms with Gasteiger partial charge in [-0.3, -0.25) is 0 Å². The first kappa shape index (κ1) is 14.5. The molecule has 118 valence electrons. The van der Waals surface area contributed by atoms with Crippen molar-refractivity contribution in [2.75, 3.05) is 18.0 Å². The average Bonchev–Trinajstić information content (AvgIpc) is 2.98. The standard InChI is InChI=1S/C17H16ClFN4/c18-15-9-20-10-22-17(15)23-5-3-11(4-6-23)14-8-21-16-7-12(19)1-2-13(14)16/h1-2,7-11,21H,3-6H2. The highest BCUT2D eigenvalue weighted by Crippen LogP contribution is 2.35. The van der Waals surface area contributed by atoms with Crippen molar-refractivity contribution in [2.45, 2.75) is 18.8 Å². The molecule has 1 saturated heterocycles.